The first kappa shape index (κ1) is 58.7. The first-order valence-electron chi connectivity index (χ1n) is 24.7. The van der Waals surface area contributed by atoms with Crippen LogP contribution >= 0.6 is 0 Å². The number of hydrogen-bond donors (Lipinski definition) is 6. The molecule has 2 aliphatic heterocycles. The summed E-state index contributed by atoms with van der Waals surface area (Å²) in [4.78, 5) is 48.6. The molecule has 0 saturated carbocycles. The molecular formula is C60H58F4N6O8. The highest BCUT2D eigenvalue weighted by Crippen LogP contribution is 2.38. The van der Waals surface area contributed by atoms with Crippen LogP contribution in [0.1, 0.15) is 83.5 Å². The van der Waals surface area contributed by atoms with Gasteiger partial charge in [-0.05, 0) is 146 Å². The number of aliphatic carboxylic acids is 2. The molecular weight excluding hydrogens is 1010 g/mol. The second-order valence-corrected chi connectivity index (χ2v) is 20.4. The Bertz CT molecular complexity index is 3150. The van der Waals surface area contributed by atoms with Gasteiger partial charge in [-0.2, -0.15) is 10.5 Å². The molecule has 0 bridgehead atoms. The normalized spacial score (nSPS) is 15.2. The van der Waals surface area contributed by atoms with Crippen molar-refractivity contribution in [3.8, 4) is 56.6 Å². The third-order valence-electron chi connectivity index (χ3n) is 12.6. The summed E-state index contributed by atoms with van der Waals surface area (Å²) < 4.78 is 59.5. The van der Waals surface area contributed by atoms with Crippen LogP contribution in [-0.4, -0.2) is 103 Å². The maximum atomic E-state index is 15.3. The van der Waals surface area contributed by atoms with Gasteiger partial charge in [-0.3, -0.25) is 9.59 Å². The van der Waals surface area contributed by atoms with Gasteiger partial charge in [0.15, 0.2) is 0 Å². The minimum atomic E-state index is -1.26. The molecule has 8 rings (SSSR count). The van der Waals surface area contributed by atoms with Crippen molar-refractivity contribution in [3.63, 3.8) is 0 Å². The van der Waals surface area contributed by atoms with E-state index < -0.39 is 46.4 Å². The molecule has 14 nitrogen and oxygen atoms in total. The van der Waals surface area contributed by atoms with Gasteiger partial charge in [0.2, 0.25) is 0 Å². The Balaban J connectivity index is 0.000000221. The van der Waals surface area contributed by atoms with Crippen LogP contribution in [0.5, 0.6) is 0 Å². The van der Waals surface area contributed by atoms with Crippen LogP contribution in [0.15, 0.2) is 121 Å². The predicted octanol–water partition coefficient (Wildman–Crippen LogP) is 9.03. The molecule has 404 valence electrons. The SMILES string of the molecule is CC(C)(O)Cc1ccc(-c2ccc(C(=O)N3CC[C@H](N)C3)cc2-c2ccc(C#N)c(F)c2)c(F)c1.CC(C)(O)Cc1ccc(-c2ccc(C(=O)N3CC[C@H](N)C3)cc2-c2ccc(C#N)c(F)c2)c(F)c1.O=C(O)/C=C/C(=O)O. The molecule has 2 heterocycles. The summed E-state index contributed by atoms with van der Waals surface area (Å²) in [5.41, 5.74) is 15.1. The number of aliphatic hydroxyl groups is 2. The van der Waals surface area contributed by atoms with Crippen LogP contribution in [0, 0.1) is 45.9 Å². The lowest BCUT2D eigenvalue weighted by Gasteiger charge is -2.19. The summed E-state index contributed by atoms with van der Waals surface area (Å²) in [6.07, 6.45) is 3.12. The van der Waals surface area contributed by atoms with E-state index >= 15 is 8.78 Å². The van der Waals surface area contributed by atoms with Crippen molar-refractivity contribution >= 4 is 23.8 Å². The Hall–Kier alpha value is -8.52. The van der Waals surface area contributed by atoms with E-state index in [1.807, 2.05) is 0 Å². The number of nitrogens with two attached hydrogens (primary N) is 2. The topological polar surface area (TPSA) is 255 Å². The lowest BCUT2D eigenvalue weighted by Crippen LogP contribution is -2.31. The average Bonchev–Trinajstić information content (AvgIpc) is 4.03. The Morgan fingerprint density at radius 1 is 0.538 bits per heavy atom. The fourth-order valence-corrected chi connectivity index (χ4v) is 9.07. The highest BCUT2D eigenvalue weighted by atomic mass is 19.1. The number of benzene rings is 6. The van der Waals surface area contributed by atoms with Gasteiger partial charge in [0, 0.05) is 85.5 Å². The van der Waals surface area contributed by atoms with E-state index in [2.05, 4.69) is 0 Å². The van der Waals surface area contributed by atoms with Gasteiger partial charge in [-0.1, -0.05) is 48.5 Å². The van der Waals surface area contributed by atoms with E-state index in [-0.39, 0.29) is 59.0 Å². The summed E-state index contributed by atoms with van der Waals surface area (Å²) in [5, 5.41) is 54.0. The summed E-state index contributed by atoms with van der Waals surface area (Å²) >= 11 is 0. The van der Waals surface area contributed by atoms with Crippen LogP contribution in [0.4, 0.5) is 17.6 Å². The van der Waals surface area contributed by atoms with Crippen molar-refractivity contribution in [3.05, 3.63) is 178 Å². The fourth-order valence-electron chi connectivity index (χ4n) is 9.07. The maximum absolute atomic E-state index is 15.3. The summed E-state index contributed by atoms with van der Waals surface area (Å²) in [5.74, 6) is -5.28. The van der Waals surface area contributed by atoms with Gasteiger partial charge in [-0.15, -0.1) is 0 Å². The monoisotopic (exact) mass is 1070 g/mol. The number of hydrogen-bond acceptors (Lipinski definition) is 10. The first-order chi connectivity index (χ1) is 36.7. The fraction of sp³-hybridized carbons (Fsp3) is 0.267. The smallest absolute Gasteiger partial charge is 0.328 e. The van der Waals surface area contributed by atoms with Crippen molar-refractivity contribution < 1.29 is 57.2 Å². The molecule has 6 aromatic carbocycles. The molecule has 6 aromatic rings. The largest absolute Gasteiger partial charge is 0.478 e. The first-order valence-corrected chi connectivity index (χ1v) is 24.7. The molecule has 0 radical (unpaired) electrons. The Morgan fingerprint density at radius 2 is 0.897 bits per heavy atom. The molecule has 2 atom stereocenters. The number of carbonyl (C=O) groups is 4. The molecule has 2 aliphatic rings. The Labute approximate surface area is 448 Å². The average molecular weight is 1070 g/mol. The van der Waals surface area contributed by atoms with Crippen molar-refractivity contribution in [1.82, 2.24) is 9.80 Å². The van der Waals surface area contributed by atoms with Gasteiger partial charge < -0.3 is 41.7 Å². The van der Waals surface area contributed by atoms with Gasteiger partial charge >= 0.3 is 11.9 Å². The molecule has 18 heteroatoms. The molecule has 2 amide bonds. The molecule has 0 unspecified atom stereocenters. The molecule has 2 saturated heterocycles. The summed E-state index contributed by atoms with van der Waals surface area (Å²) in [7, 11) is 0. The number of carboxylic acid groups (broad SMARTS) is 2. The number of halogens is 4. The zero-order valence-electron chi connectivity index (χ0n) is 43.2. The van der Waals surface area contributed by atoms with Crippen LogP contribution < -0.4 is 11.5 Å². The number of carbonyl (C=O) groups excluding carboxylic acids is 2. The number of nitrogens with zero attached hydrogens (tertiary/aromatic N) is 4. The van der Waals surface area contributed by atoms with Crippen molar-refractivity contribution in [2.75, 3.05) is 26.2 Å². The second-order valence-electron chi connectivity index (χ2n) is 20.4. The molecule has 0 spiro atoms. The minimum Gasteiger partial charge on any atom is -0.478 e. The van der Waals surface area contributed by atoms with Crippen LogP contribution in [0.25, 0.3) is 44.5 Å². The molecule has 78 heavy (non-hydrogen) atoms. The molecule has 2 fully saturated rings. The highest BCUT2D eigenvalue weighted by molar-refractivity contribution is 5.99. The Kier molecular flexibility index (Phi) is 18.9. The number of rotatable bonds is 12. The zero-order chi connectivity index (χ0) is 57.2. The quantitative estimate of drug-likeness (QED) is 0.0496. The van der Waals surface area contributed by atoms with Gasteiger partial charge in [0.1, 0.15) is 35.4 Å². The molecule has 0 aliphatic carbocycles. The van der Waals surface area contributed by atoms with E-state index in [1.54, 1.807) is 122 Å². The third-order valence-corrected chi connectivity index (χ3v) is 12.6. The van der Waals surface area contributed by atoms with E-state index in [0.717, 1.165) is 12.8 Å². The third kappa shape index (κ3) is 15.6. The standard InChI is InChI=1S/2C28H27F2N3O2.C4H4O4/c2*1-28(2,35)14-17-3-7-23(26(30)11-17)22-8-6-19(27(34)33-10-9-21(32)16-33)12-24(22)18-4-5-20(15-31)25(29)13-18;5-3(6)1-2-4(7)8/h2*3-8,11-13,21,35H,9-10,14,16,32H2,1-2H3;1-2H,(H,5,6)(H,7,8)/b;;2-1+/t2*21-;/m00./s1. The van der Waals surface area contributed by atoms with E-state index in [4.69, 9.17) is 32.2 Å². The predicted molar refractivity (Wildman–Crippen MR) is 285 cm³/mol. The van der Waals surface area contributed by atoms with Crippen LogP contribution in [0.2, 0.25) is 0 Å². The van der Waals surface area contributed by atoms with Crippen molar-refractivity contribution in [2.45, 2.75) is 76.7 Å². The number of carboxylic acids is 2. The van der Waals surface area contributed by atoms with Crippen molar-refractivity contribution in [2.24, 2.45) is 11.5 Å². The second kappa shape index (κ2) is 25.1. The minimum absolute atomic E-state index is 0.0678. The number of nitriles is 2. The Morgan fingerprint density at radius 3 is 1.18 bits per heavy atom. The number of likely N-dealkylation sites (tertiary alicyclic amines) is 2. The molecule has 0 aromatic heterocycles. The van der Waals surface area contributed by atoms with Gasteiger partial charge in [0.25, 0.3) is 11.8 Å². The van der Waals surface area contributed by atoms with E-state index in [0.29, 0.717) is 94.0 Å². The summed E-state index contributed by atoms with van der Waals surface area (Å²) in [6, 6.07) is 31.1. The van der Waals surface area contributed by atoms with Gasteiger partial charge in [0.05, 0.1) is 22.3 Å². The lowest BCUT2D eigenvalue weighted by molar-refractivity contribution is -0.134. The van der Waals surface area contributed by atoms with E-state index in [9.17, 15) is 38.2 Å². The number of amides is 2. The van der Waals surface area contributed by atoms with Gasteiger partial charge in [-0.25, -0.2) is 27.2 Å². The lowest BCUT2D eigenvalue weighted by atomic mass is 9.90. The van der Waals surface area contributed by atoms with Crippen LogP contribution in [0.3, 0.4) is 0 Å². The zero-order valence-corrected chi connectivity index (χ0v) is 43.2. The maximum Gasteiger partial charge on any atom is 0.328 e. The summed E-state index contributed by atoms with van der Waals surface area (Å²) in [6.45, 7) is 8.63. The van der Waals surface area contributed by atoms with E-state index in [1.165, 1.54) is 36.4 Å². The molecule has 8 N–H and O–H groups in total. The van der Waals surface area contributed by atoms with Crippen molar-refractivity contribution in [1.29, 1.82) is 10.5 Å². The van der Waals surface area contributed by atoms with Crippen LogP contribution in [-0.2, 0) is 22.4 Å². The highest BCUT2D eigenvalue weighted by Gasteiger charge is 2.28.